The number of fused-ring (bicyclic) bond motifs is 17. The Morgan fingerprint density at radius 2 is 1.16 bits per heavy atom. The highest BCUT2D eigenvalue weighted by molar-refractivity contribution is 7.27. The summed E-state index contributed by atoms with van der Waals surface area (Å²) < 4.78 is 13.8. The summed E-state index contributed by atoms with van der Waals surface area (Å²) in [6.45, 7) is 6.72. The van der Waals surface area contributed by atoms with Crippen molar-refractivity contribution < 1.29 is 4.42 Å². The summed E-state index contributed by atoms with van der Waals surface area (Å²) in [7, 11) is 0. The summed E-state index contributed by atoms with van der Waals surface area (Å²) in [6, 6.07) is 54.5. The van der Waals surface area contributed by atoms with Gasteiger partial charge in [0.25, 0.3) is 0 Å². The van der Waals surface area contributed by atoms with Gasteiger partial charge in [-0.2, -0.15) is 0 Å². The third-order valence-corrected chi connectivity index (χ3v) is 13.7. The van der Waals surface area contributed by atoms with Crippen molar-refractivity contribution in [1.82, 2.24) is 14.5 Å². The van der Waals surface area contributed by atoms with Crippen molar-refractivity contribution in [2.45, 2.75) is 0 Å². The molecule has 0 spiro atoms. The van der Waals surface area contributed by atoms with Crippen molar-refractivity contribution in [3.05, 3.63) is 177 Å². The summed E-state index contributed by atoms with van der Waals surface area (Å²) in [4.78, 5) is 11.1. The van der Waals surface area contributed by atoms with Crippen LogP contribution in [0.3, 0.4) is 0 Å². The van der Waals surface area contributed by atoms with E-state index in [1.807, 2.05) is 40.9 Å². The monoisotopic (exact) mass is 777 g/mol. The van der Waals surface area contributed by atoms with Crippen molar-refractivity contribution in [3.63, 3.8) is 0 Å². The van der Waals surface area contributed by atoms with Crippen LogP contribution in [0, 0.1) is 0 Å². The maximum atomic E-state index is 6.46. The average molecular weight is 778 g/mol. The van der Waals surface area contributed by atoms with Gasteiger partial charge >= 0.3 is 0 Å². The van der Waals surface area contributed by atoms with E-state index in [-0.39, 0.29) is 0 Å². The average Bonchev–Trinajstić information content (AvgIpc) is 4.04. The quantitative estimate of drug-likeness (QED) is 0.168. The molecular formula is C52H31N3OS2. The normalized spacial score (nSPS) is 11.9. The van der Waals surface area contributed by atoms with Crippen LogP contribution in [0.1, 0.15) is 0 Å². The van der Waals surface area contributed by atoms with E-state index in [0.29, 0.717) is 5.71 Å². The van der Waals surface area contributed by atoms with Crippen LogP contribution in [-0.2, 0) is 0 Å². The Morgan fingerprint density at radius 3 is 1.97 bits per heavy atom. The second-order valence-electron chi connectivity index (χ2n) is 14.5. The highest BCUT2D eigenvalue weighted by Crippen LogP contribution is 2.50. The van der Waals surface area contributed by atoms with Crippen LogP contribution in [0.25, 0.3) is 123 Å². The molecule has 4 nitrogen and oxygen atoms in total. The Balaban J connectivity index is 0.000000879. The Labute approximate surface area is 339 Å². The standard InChI is InChI=1S/C48H25N3OS2.C4H6/c1-2-13-27-25-39-35(24-26(27)12-1)41-30-16-4-3-15-29(30)40-32-17-5-8-21-36(32)51(44(40)46(41)54-39)47-42(50-48-43(49-47)33-18-6-9-22-37(33)52-48)34-20-11-19-31-28-14-7-10-23-38(28)53-45(31)34;1-3-4-2/h1-25H;3-4H,1-2H2. The van der Waals surface area contributed by atoms with Crippen LogP contribution < -0.4 is 0 Å². The molecule has 0 atom stereocenters. The molecule has 13 aromatic rings. The van der Waals surface area contributed by atoms with Crippen molar-refractivity contribution >= 4 is 129 Å². The van der Waals surface area contributed by atoms with Crippen LogP contribution in [0.4, 0.5) is 0 Å². The van der Waals surface area contributed by atoms with Crippen molar-refractivity contribution in [2.24, 2.45) is 0 Å². The molecule has 0 saturated carbocycles. The van der Waals surface area contributed by atoms with Crippen molar-refractivity contribution in [3.8, 4) is 17.1 Å². The molecule has 5 heterocycles. The van der Waals surface area contributed by atoms with Crippen LogP contribution in [0.5, 0.6) is 0 Å². The van der Waals surface area contributed by atoms with Gasteiger partial charge in [0.05, 0.1) is 15.7 Å². The summed E-state index contributed by atoms with van der Waals surface area (Å²) in [5.41, 5.74) is 6.18. The van der Waals surface area contributed by atoms with Crippen LogP contribution in [0.15, 0.2) is 181 Å². The first-order valence-corrected chi connectivity index (χ1v) is 20.9. The van der Waals surface area contributed by atoms with Gasteiger partial charge in [-0.25, -0.2) is 9.97 Å². The molecule has 0 unspecified atom stereocenters. The predicted octanol–water partition coefficient (Wildman–Crippen LogP) is 15.5. The number of hydrogen-bond acceptors (Lipinski definition) is 5. The molecule has 0 bridgehead atoms. The molecule has 0 N–H and O–H groups in total. The lowest BCUT2D eigenvalue weighted by Crippen LogP contribution is -2.03. The molecule has 0 amide bonds. The van der Waals surface area contributed by atoms with E-state index in [1.165, 1.54) is 72.7 Å². The molecule has 8 aromatic carbocycles. The smallest absolute Gasteiger partial charge is 0.247 e. The van der Waals surface area contributed by atoms with Crippen LogP contribution in [0.2, 0.25) is 0 Å². The Bertz CT molecular complexity index is 3850. The van der Waals surface area contributed by atoms with Gasteiger partial charge in [-0.3, -0.25) is 4.57 Å². The Morgan fingerprint density at radius 1 is 0.517 bits per heavy atom. The Hall–Kier alpha value is -7.12. The molecule has 272 valence electrons. The number of para-hydroxylation sites is 2. The number of thiophene rings is 2. The van der Waals surface area contributed by atoms with Gasteiger partial charge in [0.1, 0.15) is 16.8 Å². The molecule has 58 heavy (non-hydrogen) atoms. The third-order valence-electron chi connectivity index (χ3n) is 11.3. The zero-order chi connectivity index (χ0) is 38.5. The molecule has 0 aliphatic heterocycles. The van der Waals surface area contributed by atoms with Gasteiger partial charge in [0.2, 0.25) is 5.71 Å². The summed E-state index contributed by atoms with van der Waals surface area (Å²) in [6.07, 6.45) is 3.28. The van der Waals surface area contributed by atoms with E-state index in [0.717, 1.165) is 44.6 Å². The fraction of sp³-hybridized carbons (Fsp3) is 0. The summed E-state index contributed by atoms with van der Waals surface area (Å²) in [5, 5.41) is 13.4. The number of nitrogens with zero attached hydrogens (tertiary/aromatic N) is 3. The largest absolute Gasteiger partial charge is 0.436 e. The number of allylic oxidation sites excluding steroid dienone is 2. The van der Waals surface area contributed by atoms with Gasteiger partial charge in [0, 0.05) is 57.4 Å². The van der Waals surface area contributed by atoms with Gasteiger partial charge in [0.15, 0.2) is 5.82 Å². The van der Waals surface area contributed by atoms with Crippen LogP contribution in [-0.4, -0.2) is 14.5 Å². The van der Waals surface area contributed by atoms with Crippen LogP contribution >= 0.6 is 22.7 Å². The van der Waals surface area contributed by atoms with E-state index in [2.05, 4.69) is 151 Å². The lowest BCUT2D eigenvalue weighted by molar-refractivity contribution is 0.653. The second kappa shape index (κ2) is 12.7. The first-order valence-electron chi connectivity index (χ1n) is 19.2. The molecule has 6 heteroatoms. The highest BCUT2D eigenvalue weighted by Gasteiger charge is 2.27. The van der Waals surface area contributed by atoms with E-state index in [4.69, 9.17) is 14.4 Å². The minimum absolute atomic E-state index is 0.540. The number of rotatable bonds is 3. The van der Waals surface area contributed by atoms with E-state index >= 15 is 0 Å². The molecular weight excluding hydrogens is 747 g/mol. The number of hydrogen-bond donors (Lipinski definition) is 0. The molecule has 0 radical (unpaired) electrons. The molecule has 0 aliphatic rings. The van der Waals surface area contributed by atoms with Gasteiger partial charge in [-0.1, -0.05) is 141 Å². The van der Waals surface area contributed by atoms with Gasteiger partial charge in [-0.05, 0) is 57.9 Å². The second-order valence-corrected chi connectivity index (χ2v) is 16.6. The zero-order valence-electron chi connectivity index (χ0n) is 31.1. The third kappa shape index (κ3) is 4.67. The van der Waals surface area contributed by atoms with E-state index < -0.39 is 0 Å². The minimum Gasteiger partial charge on any atom is -0.436 e. The lowest BCUT2D eigenvalue weighted by Gasteiger charge is -2.14. The molecule has 5 aromatic heterocycles. The number of aromatic nitrogens is 3. The summed E-state index contributed by atoms with van der Waals surface area (Å²) >= 11 is 3.68. The molecule has 0 fully saturated rings. The predicted molar refractivity (Wildman–Crippen MR) is 250 cm³/mol. The fourth-order valence-electron chi connectivity index (χ4n) is 8.87. The molecule has 13 rings (SSSR count). The zero-order valence-corrected chi connectivity index (χ0v) is 32.7. The van der Waals surface area contributed by atoms with Crippen molar-refractivity contribution in [1.29, 1.82) is 0 Å². The molecule has 0 saturated heterocycles. The minimum atomic E-state index is 0.540. The first-order chi connectivity index (χ1) is 28.7. The highest BCUT2D eigenvalue weighted by atomic mass is 32.1. The topological polar surface area (TPSA) is 43.9 Å². The van der Waals surface area contributed by atoms with E-state index in [1.54, 1.807) is 12.2 Å². The lowest BCUT2D eigenvalue weighted by atomic mass is 9.98. The maximum absolute atomic E-state index is 6.46. The number of furan rings is 1. The molecule has 0 aliphatic carbocycles. The maximum Gasteiger partial charge on any atom is 0.247 e. The van der Waals surface area contributed by atoms with E-state index in [9.17, 15) is 0 Å². The number of benzene rings is 8. The van der Waals surface area contributed by atoms with Gasteiger partial charge < -0.3 is 4.42 Å². The fourth-order valence-corrected chi connectivity index (χ4v) is 11.4. The van der Waals surface area contributed by atoms with Crippen molar-refractivity contribution in [2.75, 3.05) is 0 Å². The summed E-state index contributed by atoms with van der Waals surface area (Å²) in [5.74, 6) is 0.796. The van der Waals surface area contributed by atoms with Gasteiger partial charge in [-0.15, -0.1) is 22.7 Å². The first kappa shape index (κ1) is 33.1. The Kier molecular flexibility index (Phi) is 7.24. The SMILES string of the molecule is C=CC=C.c1ccc2cc3c(cc2c1)sc1c3c2ccccc2c2c3ccccc3n(-c3nc4c(nc3-c3cccc5c3sc3ccccc35)oc3ccccc34)c12.